The molecule has 1 aliphatic rings. The van der Waals surface area contributed by atoms with Crippen LogP contribution in [0.3, 0.4) is 0 Å². The largest absolute Gasteiger partial charge is 0.355 e. The maximum Gasteiger partial charge on any atom is 0.254 e. The van der Waals surface area contributed by atoms with E-state index < -0.39 is 0 Å². The van der Waals surface area contributed by atoms with Crippen molar-refractivity contribution in [2.75, 3.05) is 20.1 Å². The molecule has 0 saturated carbocycles. The number of carbonyl (C=O) groups is 1. The van der Waals surface area contributed by atoms with Crippen LogP contribution in [-0.2, 0) is 0 Å². The number of nitrogens with one attached hydrogen (secondary N) is 2. The summed E-state index contributed by atoms with van der Waals surface area (Å²) in [7, 11) is 1.51. The van der Waals surface area contributed by atoms with Crippen LogP contribution >= 0.6 is 12.4 Å². The summed E-state index contributed by atoms with van der Waals surface area (Å²) in [6, 6.07) is 5.07. The summed E-state index contributed by atoms with van der Waals surface area (Å²) in [4.78, 5) is 11.5. The molecule has 3 nitrogen and oxygen atoms in total. The molecule has 1 aromatic rings. The number of rotatable bonds is 2. The van der Waals surface area contributed by atoms with Crippen molar-refractivity contribution < 1.29 is 9.18 Å². The Kier molecular flexibility index (Phi) is 5.56. The second-order valence-electron chi connectivity index (χ2n) is 4.31. The number of hydrogen-bond donors (Lipinski definition) is 2. The lowest BCUT2D eigenvalue weighted by Crippen LogP contribution is -2.27. The Hall–Kier alpha value is -1.13. The van der Waals surface area contributed by atoms with E-state index in [1.165, 1.54) is 13.1 Å². The normalized spacial score (nSPS) is 15.9. The predicted molar refractivity (Wildman–Crippen MR) is 71.9 cm³/mol. The summed E-state index contributed by atoms with van der Waals surface area (Å²) in [5.41, 5.74) is 0.816. The second kappa shape index (κ2) is 6.71. The van der Waals surface area contributed by atoms with E-state index >= 15 is 0 Å². The molecular formula is C13H18ClFN2O. The Bertz CT molecular complexity index is 419. The van der Waals surface area contributed by atoms with Crippen LogP contribution in [0.15, 0.2) is 18.2 Å². The summed E-state index contributed by atoms with van der Waals surface area (Å²) in [5.74, 6) is -0.502. The van der Waals surface area contributed by atoms with Gasteiger partial charge < -0.3 is 10.6 Å². The number of halogens is 2. The van der Waals surface area contributed by atoms with Crippen molar-refractivity contribution in [3.05, 3.63) is 35.1 Å². The topological polar surface area (TPSA) is 41.1 Å². The lowest BCUT2D eigenvalue weighted by atomic mass is 9.88. The van der Waals surface area contributed by atoms with Crippen LogP contribution in [0.1, 0.15) is 34.7 Å². The van der Waals surface area contributed by atoms with Crippen molar-refractivity contribution in [2.24, 2.45) is 0 Å². The molecule has 0 atom stereocenters. The minimum Gasteiger partial charge on any atom is -0.355 e. The fourth-order valence-electron chi connectivity index (χ4n) is 2.31. The maximum absolute atomic E-state index is 14.2. The summed E-state index contributed by atoms with van der Waals surface area (Å²) in [6.45, 7) is 1.82. The third kappa shape index (κ3) is 3.00. The molecule has 0 aliphatic carbocycles. The SMILES string of the molecule is CNC(=O)c1cccc(C2CCNCC2)c1F.Cl. The molecule has 2 N–H and O–H groups in total. The number of benzene rings is 1. The number of piperidine rings is 1. The van der Waals surface area contributed by atoms with Crippen LogP contribution in [0.5, 0.6) is 0 Å². The molecule has 0 aromatic heterocycles. The van der Waals surface area contributed by atoms with E-state index in [0.29, 0.717) is 5.56 Å². The highest BCUT2D eigenvalue weighted by molar-refractivity contribution is 5.94. The van der Waals surface area contributed by atoms with Gasteiger partial charge in [0, 0.05) is 7.05 Å². The molecule has 100 valence electrons. The molecular weight excluding hydrogens is 255 g/mol. The van der Waals surface area contributed by atoms with Crippen molar-refractivity contribution in [3.8, 4) is 0 Å². The molecule has 1 aliphatic heterocycles. The van der Waals surface area contributed by atoms with E-state index in [2.05, 4.69) is 10.6 Å². The first kappa shape index (κ1) is 14.9. The zero-order valence-electron chi connectivity index (χ0n) is 10.3. The van der Waals surface area contributed by atoms with E-state index in [0.717, 1.165) is 25.9 Å². The van der Waals surface area contributed by atoms with E-state index in [9.17, 15) is 9.18 Å². The van der Waals surface area contributed by atoms with Crippen molar-refractivity contribution in [3.63, 3.8) is 0 Å². The Morgan fingerprint density at radius 1 is 1.39 bits per heavy atom. The molecule has 1 saturated heterocycles. The molecule has 1 amide bonds. The zero-order valence-corrected chi connectivity index (χ0v) is 11.1. The van der Waals surface area contributed by atoms with Gasteiger partial charge in [0.2, 0.25) is 0 Å². The molecule has 0 bridgehead atoms. The van der Waals surface area contributed by atoms with Crippen molar-refractivity contribution in [1.82, 2.24) is 10.6 Å². The van der Waals surface area contributed by atoms with E-state index in [1.807, 2.05) is 0 Å². The van der Waals surface area contributed by atoms with Crippen LogP contribution in [-0.4, -0.2) is 26.0 Å². The Labute approximate surface area is 113 Å². The fourth-order valence-corrected chi connectivity index (χ4v) is 2.31. The highest BCUT2D eigenvalue weighted by Gasteiger charge is 2.21. The third-order valence-corrected chi connectivity index (χ3v) is 3.28. The molecule has 18 heavy (non-hydrogen) atoms. The van der Waals surface area contributed by atoms with Crippen molar-refractivity contribution in [1.29, 1.82) is 0 Å². The van der Waals surface area contributed by atoms with Gasteiger partial charge >= 0.3 is 0 Å². The molecule has 0 radical (unpaired) electrons. The minimum atomic E-state index is -0.363. The molecule has 0 spiro atoms. The highest BCUT2D eigenvalue weighted by Crippen LogP contribution is 2.28. The van der Waals surface area contributed by atoms with Crippen molar-refractivity contribution >= 4 is 18.3 Å². The van der Waals surface area contributed by atoms with Crippen LogP contribution in [0, 0.1) is 5.82 Å². The number of amides is 1. The van der Waals surface area contributed by atoms with Gasteiger partial charge in [-0.25, -0.2) is 4.39 Å². The molecule has 1 aromatic carbocycles. The zero-order chi connectivity index (χ0) is 12.3. The van der Waals surface area contributed by atoms with Gasteiger partial charge in [-0.2, -0.15) is 0 Å². The van der Waals surface area contributed by atoms with Crippen molar-refractivity contribution in [2.45, 2.75) is 18.8 Å². The lowest BCUT2D eigenvalue weighted by Gasteiger charge is -2.23. The maximum atomic E-state index is 14.2. The average Bonchev–Trinajstić information content (AvgIpc) is 2.39. The standard InChI is InChI=1S/C13H17FN2O.ClH/c1-15-13(17)11-4-2-3-10(12(11)14)9-5-7-16-8-6-9;/h2-4,9,16H,5-8H2,1H3,(H,15,17);1H. The summed E-state index contributed by atoms with van der Waals surface area (Å²) in [6.07, 6.45) is 1.85. The Morgan fingerprint density at radius 2 is 2.06 bits per heavy atom. The van der Waals surface area contributed by atoms with Gasteiger partial charge in [-0.3, -0.25) is 4.79 Å². The highest BCUT2D eigenvalue weighted by atomic mass is 35.5. The second-order valence-corrected chi connectivity index (χ2v) is 4.31. The molecule has 5 heteroatoms. The summed E-state index contributed by atoms with van der Waals surface area (Å²) in [5, 5.41) is 5.71. The van der Waals surface area contributed by atoms with Crippen LogP contribution in [0.4, 0.5) is 4.39 Å². The predicted octanol–water partition coefficient (Wildman–Crippen LogP) is 2.07. The van der Waals surface area contributed by atoms with E-state index in [1.54, 1.807) is 12.1 Å². The smallest absolute Gasteiger partial charge is 0.254 e. The van der Waals surface area contributed by atoms with E-state index in [4.69, 9.17) is 0 Å². The van der Waals surface area contributed by atoms with Gasteiger partial charge in [0.1, 0.15) is 5.82 Å². The molecule has 1 fully saturated rings. The number of carbonyl (C=O) groups excluding carboxylic acids is 1. The third-order valence-electron chi connectivity index (χ3n) is 3.28. The quantitative estimate of drug-likeness (QED) is 0.865. The van der Waals surface area contributed by atoms with Gasteiger partial charge in [0.15, 0.2) is 0 Å². The first-order valence-corrected chi connectivity index (χ1v) is 5.95. The van der Waals surface area contributed by atoms with Gasteiger partial charge in [0.05, 0.1) is 5.56 Å². The molecule has 2 rings (SSSR count). The van der Waals surface area contributed by atoms with Gasteiger partial charge in [-0.05, 0) is 43.5 Å². The van der Waals surface area contributed by atoms with Gasteiger partial charge in [0.25, 0.3) is 5.91 Å². The van der Waals surface area contributed by atoms with Crippen LogP contribution in [0.25, 0.3) is 0 Å². The molecule has 1 heterocycles. The van der Waals surface area contributed by atoms with Gasteiger partial charge in [-0.15, -0.1) is 12.4 Å². The molecule has 0 unspecified atom stereocenters. The minimum absolute atomic E-state index is 0. The number of hydrogen-bond acceptors (Lipinski definition) is 2. The first-order valence-electron chi connectivity index (χ1n) is 5.95. The van der Waals surface area contributed by atoms with E-state index in [-0.39, 0.29) is 35.6 Å². The van der Waals surface area contributed by atoms with Gasteiger partial charge in [-0.1, -0.05) is 12.1 Å². The Balaban J connectivity index is 0.00000162. The summed E-state index contributed by atoms with van der Waals surface area (Å²) >= 11 is 0. The Morgan fingerprint density at radius 3 is 2.67 bits per heavy atom. The monoisotopic (exact) mass is 272 g/mol. The lowest BCUT2D eigenvalue weighted by molar-refractivity contribution is 0.0959. The van der Waals surface area contributed by atoms with Crippen LogP contribution in [0.2, 0.25) is 0 Å². The first-order chi connectivity index (χ1) is 8.24. The summed E-state index contributed by atoms with van der Waals surface area (Å²) < 4.78 is 14.2. The average molecular weight is 273 g/mol. The fraction of sp³-hybridized carbons (Fsp3) is 0.462. The van der Waals surface area contributed by atoms with Crippen LogP contribution < -0.4 is 10.6 Å².